The lowest BCUT2D eigenvalue weighted by Gasteiger charge is -2.06. The van der Waals surface area contributed by atoms with E-state index >= 15 is 0 Å². The minimum Gasteiger partial charge on any atom is -0.290 e. The zero-order valence-electron chi connectivity index (χ0n) is 8.33. The third-order valence-corrected chi connectivity index (χ3v) is 2.61. The smallest absolute Gasteiger partial charge is 0.290 e. The quantitative estimate of drug-likeness (QED) is 0.811. The Kier molecular flexibility index (Phi) is 3.04. The fourth-order valence-corrected chi connectivity index (χ4v) is 1.58. The highest BCUT2D eigenvalue weighted by Crippen LogP contribution is 2.31. The predicted octanol–water partition coefficient (Wildman–Crippen LogP) is 2.68. The maximum Gasteiger partial charge on any atom is 0.449 e. The molecular weight excluding hydrogens is 294 g/mol. The van der Waals surface area contributed by atoms with Crippen LogP contribution >= 0.6 is 23.2 Å². The second kappa shape index (κ2) is 4.26. The van der Waals surface area contributed by atoms with E-state index in [2.05, 4.69) is 15.0 Å². The Morgan fingerprint density at radius 1 is 1.17 bits per heavy atom. The average molecular weight is 296 g/mol. The summed E-state index contributed by atoms with van der Waals surface area (Å²) in [5.74, 6) is -1.27. The second-order valence-corrected chi connectivity index (χ2v) is 3.85. The Labute approximate surface area is 108 Å². The zero-order valence-corrected chi connectivity index (χ0v) is 9.84. The highest BCUT2D eigenvalue weighted by atomic mass is 35.5. The van der Waals surface area contributed by atoms with Crippen molar-refractivity contribution in [1.82, 2.24) is 19.5 Å². The molecule has 2 rings (SSSR count). The van der Waals surface area contributed by atoms with Crippen LogP contribution in [0.1, 0.15) is 5.82 Å². The maximum absolute atomic E-state index is 12.7. The van der Waals surface area contributed by atoms with Gasteiger partial charge in [-0.1, -0.05) is 23.2 Å². The van der Waals surface area contributed by atoms with Gasteiger partial charge in [-0.3, -0.25) is 4.57 Å². The first-order chi connectivity index (χ1) is 8.34. The fraction of sp³-hybridized carbons (Fsp3) is 0.250. The van der Waals surface area contributed by atoms with E-state index in [1.165, 1.54) is 0 Å². The van der Waals surface area contributed by atoms with Crippen LogP contribution in [0.15, 0.2) is 0 Å². The Morgan fingerprint density at radius 2 is 1.78 bits per heavy atom. The largest absolute Gasteiger partial charge is 0.449 e. The standard InChI is InChI=1S/C8H2Cl2F3N5/c9-3-4(10)16-6-5(15-3)17-7(8(11,12)13)18(6)2-1-14/h2H2. The molecule has 2 aromatic rings. The van der Waals surface area contributed by atoms with E-state index < -0.39 is 18.5 Å². The van der Waals surface area contributed by atoms with Crippen LogP contribution in [0.25, 0.3) is 11.3 Å². The average Bonchev–Trinajstić information content (AvgIpc) is 2.58. The van der Waals surface area contributed by atoms with Gasteiger partial charge < -0.3 is 0 Å². The fourth-order valence-electron chi connectivity index (χ4n) is 1.33. The number of hydrogen-bond donors (Lipinski definition) is 0. The van der Waals surface area contributed by atoms with Crippen LogP contribution in [0.5, 0.6) is 0 Å². The van der Waals surface area contributed by atoms with Crippen molar-refractivity contribution in [2.75, 3.05) is 0 Å². The summed E-state index contributed by atoms with van der Waals surface area (Å²) in [5.41, 5.74) is -0.551. The van der Waals surface area contributed by atoms with Crippen LogP contribution in [0.4, 0.5) is 13.2 Å². The molecule has 0 aromatic carbocycles. The molecule has 0 aliphatic heterocycles. The van der Waals surface area contributed by atoms with Gasteiger partial charge in [0.25, 0.3) is 0 Å². The maximum atomic E-state index is 12.7. The van der Waals surface area contributed by atoms with Crippen molar-refractivity contribution in [3.63, 3.8) is 0 Å². The Hall–Kier alpha value is -1.59. The van der Waals surface area contributed by atoms with Crippen LogP contribution in [-0.4, -0.2) is 19.5 Å². The van der Waals surface area contributed by atoms with E-state index in [0.717, 1.165) is 0 Å². The first-order valence-corrected chi connectivity index (χ1v) is 5.13. The van der Waals surface area contributed by atoms with E-state index in [-0.39, 0.29) is 21.6 Å². The Morgan fingerprint density at radius 3 is 2.33 bits per heavy atom. The molecular formula is C8H2Cl2F3N5. The van der Waals surface area contributed by atoms with Gasteiger partial charge in [-0.25, -0.2) is 15.0 Å². The van der Waals surface area contributed by atoms with E-state index in [4.69, 9.17) is 28.5 Å². The summed E-state index contributed by atoms with van der Waals surface area (Å²) in [4.78, 5) is 10.5. The second-order valence-electron chi connectivity index (χ2n) is 3.13. The lowest BCUT2D eigenvalue weighted by molar-refractivity contribution is -0.146. The Balaban J connectivity index is 2.80. The van der Waals surface area contributed by atoms with Gasteiger partial charge in [-0.15, -0.1) is 0 Å². The van der Waals surface area contributed by atoms with Gasteiger partial charge in [0.05, 0.1) is 6.07 Å². The van der Waals surface area contributed by atoms with Crippen molar-refractivity contribution in [2.24, 2.45) is 0 Å². The first-order valence-electron chi connectivity index (χ1n) is 4.38. The third kappa shape index (κ3) is 2.07. The number of nitriles is 1. The van der Waals surface area contributed by atoms with Crippen molar-refractivity contribution in [3.05, 3.63) is 16.1 Å². The van der Waals surface area contributed by atoms with Crippen molar-refractivity contribution < 1.29 is 13.2 Å². The Bertz CT molecular complexity index is 657. The normalized spacial score (nSPS) is 11.8. The number of hydrogen-bond acceptors (Lipinski definition) is 4. The highest BCUT2D eigenvalue weighted by molar-refractivity contribution is 6.40. The summed E-state index contributed by atoms with van der Waals surface area (Å²) in [6, 6.07) is 1.59. The van der Waals surface area contributed by atoms with Crippen molar-refractivity contribution >= 4 is 34.5 Å². The lowest BCUT2D eigenvalue weighted by atomic mass is 10.5. The molecule has 0 saturated heterocycles. The summed E-state index contributed by atoms with van der Waals surface area (Å²) >= 11 is 11.1. The topological polar surface area (TPSA) is 67.4 Å². The summed E-state index contributed by atoms with van der Waals surface area (Å²) in [6.07, 6.45) is -4.72. The van der Waals surface area contributed by atoms with Gasteiger partial charge in [0.1, 0.15) is 6.54 Å². The molecule has 0 amide bonds. The van der Waals surface area contributed by atoms with Gasteiger partial charge in [-0.05, 0) is 0 Å². The molecule has 0 N–H and O–H groups in total. The molecule has 0 bridgehead atoms. The molecule has 0 aliphatic carbocycles. The number of rotatable bonds is 1. The monoisotopic (exact) mass is 295 g/mol. The number of imidazole rings is 1. The molecule has 0 radical (unpaired) electrons. The van der Waals surface area contributed by atoms with Crippen molar-refractivity contribution in [2.45, 2.75) is 12.7 Å². The first kappa shape index (κ1) is 12.9. The van der Waals surface area contributed by atoms with Crippen LogP contribution < -0.4 is 0 Å². The SMILES string of the molecule is N#CCn1c(C(F)(F)F)nc2nc(Cl)c(Cl)nc21. The number of aromatic nitrogens is 4. The molecule has 18 heavy (non-hydrogen) atoms. The molecule has 0 fully saturated rings. The molecule has 0 aliphatic rings. The lowest BCUT2D eigenvalue weighted by Crippen LogP contribution is -2.14. The number of alkyl halides is 3. The molecule has 0 saturated carbocycles. The summed E-state index contributed by atoms with van der Waals surface area (Å²) in [5, 5.41) is 8.04. The van der Waals surface area contributed by atoms with Gasteiger partial charge in [0, 0.05) is 0 Å². The van der Waals surface area contributed by atoms with Gasteiger partial charge in [0.2, 0.25) is 5.82 Å². The van der Waals surface area contributed by atoms with Crippen LogP contribution in [0.2, 0.25) is 10.3 Å². The van der Waals surface area contributed by atoms with Crippen LogP contribution in [-0.2, 0) is 12.7 Å². The van der Waals surface area contributed by atoms with Gasteiger partial charge in [-0.2, -0.15) is 18.4 Å². The number of fused-ring (bicyclic) bond motifs is 1. The molecule has 2 aromatic heterocycles. The molecule has 2 heterocycles. The van der Waals surface area contributed by atoms with Gasteiger partial charge in [0.15, 0.2) is 21.6 Å². The molecule has 0 spiro atoms. The highest BCUT2D eigenvalue weighted by Gasteiger charge is 2.38. The molecule has 0 unspecified atom stereocenters. The van der Waals surface area contributed by atoms with E-state index in [1.807, 2.05) is 0 Å². The number of nitrogens with zero attached hydrogens (tertiary/aromatic N) is 5. The summed E-state index contributed by atoms with van der Waals surface area (Å²) in [7, 11) is 0. The van der Waals surface area contributed by atoms with Crippen LogP contribution in [0, 0.1) is 11.3 Å². The summed E-state index contributed by atoms with van der Waals surface area (Å²) < 4.78 is 38.7. The molecule has 5 nitrogen and oxygen atoms in total. The van der Waals surface area contributed by atoms with Crippen molar-refractivity contribution in [3.8, 4) is 6.07 Å². The molecule has 94 valence electrons. The number of halogens is 5. The van der Waals surface area contributed by atoms with Crippen molar-refractivity contribution in [1.29, 1.82) is 5.26 Å². The zero-order chi connectivity index (χ0) is 13.5. The minimum atomic E-state index is -4.72. The van der Waals surface area contributed by atoms with Gasteiger partial charge >= 0.3 is 6.18 Å². The van der Waals surface area contributed by atoms with Crippen LogP contribution in [0.3, 0.4) is 0 Å². The van der Waals surface area contributed by atoms with E-state index in [1.54, 1.807) is 6.07 Å². The third-order valence-electron chi connectivity index (χ3n) is 1.98. The summed E-state index contributed by atoms with van der Waals surface area (Å²) in [6.45, 7) is -0.571. The predicted molar refractivity (Wildman–Crippen MR) is 56.0 cm³/mol. The molecule has 0 atom stereocenters. The van der Waals surface area contributed by atoms with E-state index in [0.29, 0.717) is 4.57 Å². The minimum absolute atomic E-state index is 0.238. The van der Waals surface area contributed by atoms with E-state index in [9.17, 15) is 13.2 Å². The molecule has 10 heteroatoms.